The average molecular weight is 764 g/mol. The first-order valence-electron chi connectivity index (χ1n) is 18.2. The van der Waals surface area contributed by atoms with Gasteiger partial charge in [-0.1, -0.05) is 66.7 Å². The Bertz CT molecular complexity index is 2240. The molecule has 0 saturated carbocycles. The van der Waals surface area contributed by atoms with Crippen molar-refractivity contribution in [2.75, 3.05) is 64.8 Å². The number of nitrogens with two attached hydrogens (primary N) is 1. The second-order valence-corrected chi connectivity index (χ2v) is 13.1. The second-order valence-electron chi connectivity index (χ2n) is 13.1. The van der Waals surface area contributed by atoms with E-state index >= 15 is 4.39 Å². The molecule has 0 aliphatic carbocycles. The maximum Gasteiger partial charge on any atom is 0.410 e. The van der Waals surface area contributed by atoms with Crippen molar-refractivity contribution in [2.45, 2.75) is 13.0 Å². The van der Waals surface area contributed by atoms with Gasteiger partial charge in [0.15, 0.2) is 0 Å². The third-order valence-electron chi connectivity index (χ3n) is 9.36. The fourth-order valence-corrected chi connectivity index (χ4v) is 6.30. The summed E-state index contributed by atoms with van der Waals surface area (Å²) < 4.78 is 26.2. The van der Waals surface area contributed by atoms with Crippen LogP contribution in [0.4, 0.5) is 14.9 Å². The highest BCUT2D eigenvalue weighted by Crippen LogP contribution is 2.20. The van der Waals surface area contributed by atoms with Crippen LogP contribution in [0.2, 0.25) is 0 Å². The third-order valence-corrected chi connectivity index (χ3v) is 9.36. The van der Waals surface area contributed by atoms with Gasteiger partial charge in [0, 0.05) is 56.8 Å². The molecule has 0 bridgehead atoms. The summed E-state index contributed by atoms with van der Waals surface area (Å²) in [5.74, 6) is -1.87. The first kappa shape index (κ1) is 39.1. The molecule has 5 aromatic rings. The van der Waals surface area contributed by atoms with Crippen molar-refractivity contribution < 1.29 is 33.0 Å². The van der Waals surface area contributed by atoms with Crippen molar-refractivity contribution >= 4 is 40.3 Å². The normalized spacial score (nSPS) is 12.7. The molecule has 1 aromatic heterocycles. The minimum absolute atomic E-state index is 0.0103. The number of halogens is 1. The van der Waals surface area contributed by atoms with Gasteiger partial charge in [0.05, 0.1) is 35.4 Å². The van der Waals surface area contributed by atoms with Gasteiger partial charge in [-0.2, -0.15) is 5.10 Å². The number of rotatable bonds is 14. The molecule has 2 heterocycles. The van der Waals surface area contributed by atoms with Crippen LogP contribution in [-0.4, -0.2) is 108 Å². The molecule has 1 fully saturated rings. The molecule has 14 nitrogen and oxygen atoms in total. The van der Waals surface area contributed by atoms with Gasteiger partial charge in [0.25, 0.3) is 17.4 Å². The van der Waals surface area contributed by atoms with Crippen LogP contribution in [0.3, 0.4) is 0 Å². The van der Waals surface area contributed by atoms with Crippen LogP contribution < -0.4 is 16.6 Å². The van der Waals surface area contributed by atoms with Gasteiger partial charge in [-0.25, -0.2) is 14.3 Å². The summed E-state index contributed by atoms with van der Waals surface area (Å²) >= 11 is 0. The number of ether oxygens (including phenoxy) is 2. The highest BCUT2D eigenvalue weighted by atomic mass is 19.1. The zero-order valence-electron chi connectivity index (χ0n) is 30.6. The van der Waals surface area contributed by atoms with Crippen molar-refractivity contribution in [3.63, 3.8) is 0 Å². The topological polar surface area (TPSA) is 180 Å². The van der Waals surface area contributed by atoms with Crippen molar-refractivity contribution in [2.24, 2.45) is 0 Å². The summed E-state index contributed by atoms with van der Waals surface area (Å²) in [5.41, 5.74) is 8.17. The van der Waals surface area contributed by atoms with E-state index < -0.39 is 17.8 Å². The number of anilines is 1. The Morgan fingerprint density at radius 1 is 0.821 bits per heavy atom. The summed E-state index contributed by atoms with van der Waals surface area (Å²) in [6.07, 6.45) is -0.441. The van der Waals surface area contributed by atoms with Crippen LogP contribution in [0.1, 0.15) is 37.5 Å². The lowest BCUT2D eigenvalue weighted by atomic mass is 10.0. The SMILES string of the molecule is Nc1ccccc1C(=O)NCCOCCN(CC(=O)N1CCN(C(=O)c2cc(Cc3n[nH]c(=O)c4ccccc34)ccc2F)CC1)C(=O)OCc1ccccc1. The van der Waals surface area contributed by atoms with E-state index in [-0.39, 0.29) is 95.0 Å². The highest BCUT2D eigenvalue weighted by Gasteiger charge is 2.29. The number of aromatic nitrogens is 2. The Kier molecular flexibility index (Phi) is 13.0. The molecule has 1 aliphatic heterocycles. The van der Waals surface area contributed by atoms with Crippen LogP contribution in [0, 0.1) is 5.82 Å². The number of benzene rings is 4. The molecule has 4 N–H and O–H groups in total. The van der Waals surface area contributed by atoms with Crippen LogP contribution in [-0.2, 0) is 27.3 Å². The number of nitrogen functional groups attached to an aromatic ring is 1. The molecule has 0 atom stereocenters. The van der Waals surface area contributed by atoms with Crippen molar-refractivity contribution in [3.8, 4) is 0 Å². The monoisotopic (exact) mass is 763 g/mol. The van der Waals surface area contributed by atoms with Gasteiger partial charge in [-0.3, -0.25) is 24.1 Å². The first-order valence-corrected chi connectivity index (χ1v) is 18.2. The Hall–Kier alpha value is -6.61. The van der Waals surface area contributed by atoms with E-state index in [1.54, 1.807) is 59.5 Å². The molecule has 56 heavy (non-hydrogen) atoms. The summed E-state index contributed by atoms with van der Waals surface area (Å²) in [5, 5.41) is 10.6. The molecule has 1 saturated heterocycles. The number of carbonyl (C=O) groups is 4. The number of para-hydroxylation sites is 1. The van der Waals surface area contributed by atoms with Crippen LogP contribution in [0.25, 0.3) is 10.8 Å². The molecule has 4 amide bonds. The van der Waals surface area contributed by atoms with Gasteiger partial charge in [-0.05, 0) is 41.5 Å². The maximum absolute atomic E-state index is 15.0. The molecule has 1 aliphatic rings. The lowest BCUT2D eigenvalue weighted by Gasteiger charge is -2.36. The van der Waals surface area contributed by atoms with Crippen molar-refractivity contribution in [3.05, 3.63) is 141 Å². The molecule has 290 valence electrons. The summed E-state index contributed by atoms with van der Waals surface area (Å²) in [7, 11) is 0. The predicted octanol–water partition coefficient (Wildman–Crippen LogP) is 3.61. The van der Waals surface area contributed by atoms with Gasteiger partial charge in [-0.15, -0.1) is 0 Å². The Balaban J connectivity index is 1.02. The Morgan fingerprint density at radius 2 is 1.52 bits per heavy atom. The minimum Gasteiger partial charge on any atom is -0.445 e. The number of hydrogen-bond acceptors (Lipinski definition) is 9. The second kappa shape index (κ2) is 18.6. The molecule has 0 unspecified atom stereocenters. The zero-order chi connectivity index (χ0) is 39.4. The van der Waals surface area contributed by atoms with E-state index in [1.807, 2.05) is 30.3 Å². The van der Waals surface area contributed by atoms with Crippen LogP contribution in [0.5, 0.6) is 0 Å². The number of H-pyrrole nitrogens is 1. The minimum atomic E-state index is -0.701. The summed E-state index contributed by atoms with van der Waals surface area (Å²) in [4.78, 5) is 69.1. The number of piperazine rings is 1. The van der Waals surface area contributed by atoms with E-state index in [9.17, 15) is 24.0 Å². The van der Waals surface area contributed by atoms with E-state index in [2.05, 4.69) is 15.5 Å². The number of fused-ring (bicyclic) bond motifs is 1. The first-order chi connectivity index (χ1) is 27.2. The smallest absolute Gasteiger partial charge is 0.410 e. The van der Waals surface area contributed by atoms with Gasteiger partial charge in [0.2, 0.25) is 5.91 Å². The van der Waals surface area contributed by atoms with E-state index in [0.29, 0.717) is 33.3 Å². The van der Waals surface area contributed by atoms with Gasteiger partial charge < -0.3 is 30.3 Å². The number of aromatic amines is 1. The van der Waals surface area contributed by atoms with Crippen LogP contribution in [0.15, 0.2) is 102 Å². The number of nitrogens with zero attached hydrogens (tertiary/aromatic N) is 4. The largest absolute Gasteiger partial charge is 0.445 e. The maximum atomic E-state index is 15.0. The van der Waals surface area contributed by atoms with E-state index in [4.69, 9.17) is 15.2 Å². The van der Waals surface area contributed by atoms with Gasteiger partial charge >= 0.3 is 6.09 Å². The van der Waals surface area contributed by atoms with Crippen molar-refractivity contribution in [1.82, 2.24) is 30.2 Å². The quantitative estimate of drug-likeness (QED) is 0.113. The van der Waals surface area contributed by atoms with Gasteiger partial charge in [0.1, 0.15) is 19.0 Å². The average Bonchev–Trinajstić information content (AvgIpc) is 3.22. The van der Waals surface area contributed by atoms with Crippen LogP contribution >= 0.6 is 0 Å². The lowest BCUT2D eigenvalue weighted by molar-refractivity contribution is -0.133. The molecule has 15 heteroatoms. The molecule has 0 radical (unpaired) electrons. The number of carbonyl (C=O) groups excluding carboxylic acids is 4. The third kappa shape index (κ3) is 9.92. The summed E-state index contributed by atoms with van der Waals surface area (Å²) in [6.45, 7) is 0.837. The van der Waals surface area contributed by atoms with Crippen molar-refractivity contribution in [1.29, 1.82) is 0 Å². The number of hydrogen-bond donors (Lipinski definition) is 3. The van der Waals surface area contributed by atoms with E-state index in [0.717, 1.165) is 5.56 Å². The molecular weight excluding hydrogens is 721 g/mol. The predicted molar refractivity (Wildman–Crippen MR) is 206 cm³/mol. The lowest BCUT2D eigenvalue weighted by Crippen LogP contribution is -2.53. The Labute approximate surface area is 322 Å². The molecular formula is C41H42FN7O7. The molecule has 0 spiro atoms. The Morgan fingerprint density at radius 3 is 2.29 bits per heavy atom. The zero-order valence-corrected chi connectivity index (χ0v) is 30.6. The standard InChI is InChI=1S/C41H42FN7O7/c42-34-15-14-29(25-36-30-10-4-5-11-31(30)39(52)46-45-36)24-33(34)40(53)48-19-17-47(18-20-48)37(50)26-49(41(54)56-27-28-8-2-1-3-9-28)21-23-55-22-16-44-38(51)32-12-6-7-13-35(32)43/h1-15,24H,16-23,25-27,43H2,(H,44,51)(H,46,52). The number of amides is 4. The highest BCUT2D eigenvalue weighted by molar-refractivity contribution is 5.99. The number of nitrogens with one attached hydrogen (secondary N) is 2. The summed E-state index contributed by atoms with van der Waals surface area (Å²) in [6, 6.07) is 27.2. The molecule has 6 rings (SSSR count). The van der Waals surface area contributed by atoms with E-state index in [1.165, 1.54) is 21.9 Å². The molecule has 4 aromatic carbocycles. The fourth-order valence-electron chi connectivity index (χ4n) is 6.30. The fraction of sp³-hybridized carbons (Fsp3) is 0.268.